The average molecular weight is 495 g/mol. The number of hydrogen-bond acceptors (Lipinski definition) is 2. The van der Waals surface area contributed by atoms with E-state index in [0.29, 0.717) is 23.1 Å². The third-order valence-corrected chi connectivity index (χ3v) is 7.29. The van der Waals surface area contributed by atoms with Gasteiger partial charge in [-0.05, 0) is 90.8 Å². The lowest BCUT2D eigenvalue weighted by molar-refractivity contribution is 0.0917. The monoisotopic (exact) mass is 494 g/mol. The van der Waals surface area contributed by atoms with Crippen LogP contribution in [0.25, 0.3) is 27.6 Å². The van der Waals surface area contributed by atoms with Crippen molar-refractivity contribution in [1.82, 2.24) is 10.3 Å². The summed E-state index contributed by atoms with van der Waals surface area (Å²) in [5, 5.41) is 14.2. The van der Waals surface area contributed by atoms with Crippen LogP contribution in [-0.4, -0.2) is 28.6 Å². The first-order chi connectivity index (χ1) is 18.0. The Hall–Kier alpha value is -3.96. The van der Waals surface area contributed by atoms with E-state index in [2.05, 4.69) is 22.5 Å². The summed E-state index contributed by atoms with van der Waals surface area (Å²) in [5.74, 6) is -0.701. The van der Waals surface area contributed by atoms with E-state index in [1.807, 2.05) is 56.4 Å². The third-order valence-electron chi connectivity index (χ3n) is 7.29. The highest BCUT2D eigenvalue weighted by Gasteiger charge is 2.25. The summed E-state index contributed by atoms with van der Waals surface area (Å²) in [6.07, 6.45) is 8.31. The minimum Gasteiger partial charge on any atom is -0.394 e. The molecule has 0 spiro atoms. The number of rotatable bonds is 6. The number of aromatic nitrogens is 1. The second-order valence-electron chi connectivity index (χ2n) is 9.47. The Kier molecular flexibility index (Phi) is 7.06. The zero-order chi connectivity index (χ0) is 25.9. The summed E-state index contributed by atoms with van der Waals surface area (Å²) < 4.78 is 14.9. The lowest BCUT2D eigenvalue weighted by Gasteiger charge is -2.25. The Labute approximate surface area is 216 Å². The Morgan fingerprint density at radius 1 is 1.03 bits per heavy atom. The molecular formula is C32H31FN2O2. The summed E-state index contributed by atoms with van der Waals surface area (Å²) in [5.41, 5.74) is 7.85. The number of amides is 1. The second kappa shape index (κ2) is 10.6. The van der Waals surface area contributed by atoms with Crippen molar-refractivity contribution in [2.75, 3.05) is 6.61 Å². The van der Waals surface area contributed by atoms with Crippen LogP contribution in [0.3, 0.4) is 0 Å². The van der Waals surface area contributed by atoms with Gasteiger partial charge in [0.1, 0.15) is 5.82 Å². The van der Waals surface area contributed by atoms with Gasteiger partial charge in [-0.1, -0.05) is 48.6 Å². The molecular weight excluding hydrogens is 463 g/mol. The number of aryl methyl sites for hydroxylation is 1. The Balaban J connectivity index is 1.54. The summed E-state index contributed by atoms with van der Waals surface area (Å²) >= 11 is 0. The Morgan fingerprint density at radius 2 is 1.81 bits per heavy atom. The van der Waals surface area contributed by atoms with E-state index in [1.165, 1.54) is 11.6 Å². The molecule has 5 heteroatoms. The number of H-pyrrole nitrogens is 1. The van der Waals surface area contributed by atoms with Crippen LogP contribution >= 0.6 is 0 Å². The van der Waals surface area contributed by atoms with Gasteiger partial charge in [0.15, 0.2) is 0 Å². The second-order valence-corrected chi connectivity index (χ2v) is 9.47. The molecule has 1 aliphatic rings. The van der Waals surface area contributed by atoms with Crippen LogP contribution < -0.4 is 5.32 Å². The summed E-state index contributed by atoms with van der Waals surface area (Å²) in [4.78, 5) is 17.0. The topological polar surface area (TPSA) is 65.1 Å². The van der Waals surface area contributed by atoms with Crippen LogP contribution in [0, 0.1) is 5.82 Å². The van der Waals surface area contributed by atoms with Crippen LogP contribution in [0.15, 0.2) is 84.6 Å². The largest absolute Gasteiger partial charge is 0.394 e. The zero-order valence-corrected chi connectivity index (χ0v) is 21.1. The fraction of sp³-hybridized carbons (Fsp3) is 0.219. The summed E-state index contributed by atoms with van der Waals surface area (Å²) in [6, 6.07) is 17.9. The van der Waals surface area contributed by atoms with Crippen LogP contribution in [0.4, 0.5) is 4.39 Å². The molecule has 1 heterocycles. The lowest BCUT2D eigenvalue weighted by Crippen LogP contribution is -2.39. The maximum absolute atomic E-state index is 14.9. The molecule has 3 N–H and O–H groups in total. The first-order valence-electron chi connectivity index (χ1n) is 12.7. The van der Waals surface area contributed by atoms with E-state index < -0.39 is 6.04 Å². The first-order valence-corrected chi connectivity index (χ1v) is 12.7. The smallest absolute Gasteiger partial charge is 0.252 e. The van der Waals surface area contributed by atoms with Crippen LogP contribution in [0.2, 0.25) is 0 Å². The molecule has 0 saturated heterocycles. The number of carbonyl (C=O) groups is 1. The van der Waals surface area contributed by atoms with Crippen molar-refractivity contribution in [3.8, 4) is 11.1 Å². The molecule has 1 aliphatic carbocycles. The van der Waals surface area contributed by atoms with Gasteiger partial charge in [0.2, 0.25) is 0 Å². The number of fused-ring (bicyclic) bond motifs is 2. The number of aromatic amines is 1. The van der Waals surface area contributed by atoms with Crippen molar-refractivity contribution < 1.29 is 14.3 Å². The van der Waals surface area contributed by atoms with E-state index in [0.717, 1.165) is 46.0 Å². The van der Waals surface area contributed by atoms with E-state index >= 15 is 0 Å². The van der Waals surface area contributed by atoms with Gasteiger partial charge < -0.3 is 15.4 Å². The van der Waals surface area contributed by atoms with Crippen LogP contribution in [0.1, 0.15) is 47.3 Å². The number of allylic oxidation sites excluding steroid dienone is 4. The highest BCUT2D eigenvalue weighted by Crippen LogP contribution is 2.39. The maximum atomic E-state index is 14.9. The molecule has 1 amide bonds. The molecule has 0 aliphatic heterocycles. The SMILES string of the molecule is CC=C1CCc2cc(-c3ccccc3F)c(C(=O)NC(CO)Cc3c[nH]c4ccccc34)cc2C1=CC. The molecule has 0 saturated carbocycles. The predicted octanol–water partition coefficient (Wildman–Crippen LogP) is 6.60. The molecule has 5 rings (SSSR count). The van der Waals surface area contributed by atoms with Gasteiger partial charge in [0.25, 0.3) is 5.91 Å². The number of benzene rings is 3. The van der Waals surface area contributed by atoms with E-state index in [-0.39, 0.29) is 18.3 Å². The van der Waals surface area contributed by atoms with Crippen molar-refractivity contribution in [3.05, 3.63) is 113 Å². The average Bonchev–Trinajstić information content (AvgIpc) is 3.34. The lowest BCUT2D eigenvalue weighted by atomic mass is 9.80. The molecule has 0 fully saturated rings. The Morgan fingerprint density at radius 3 is 2.57 bits per heavy atom. The standard InChI is InChI=1S/C32H31FN2O2/c1-3-20-13-14-21-16-28(26-10-5-7-11-30(26)33)29(17-27(21)24(20)4-2)32(37)35-23(19-36)15-22-18-34-31-12-8-6-9-25(22)31/h3-12,16-18,23,34,36H,13-15,19H2,1-2H3,(H,35,37). The number of aliphatic hydroxyl groups excluding tert-OH is 1. The minimum atomic E-state index is -0.497. The number of hydrogen-bond donors (Lipinski definition) is 3. The van der Waals surface area contributed by atoms with Gasteiger partial charge >= 0.3 is 0 Å². The van der Waals surface area contributed by atoms with Crippen molar-refractivity contribution in [2.24, 2.45) is 0 Å². The molecule has 4 nitrogen and oxygen atoms in total. The normalized spacial score (nSPS) is 16.2. The van der Waals surface area contributed by atoms with Crippen LogP contribution in [0.5, 0.6) is 0 Å². The van der Waals surface area contributed by atoms with Crippen molar-refractivity contribution in [1.29, 1.82) is 0 Å². The molecule has 1 atom stereocenters. The van der Waals surface area contributed by atoms with Crippen LogP contribution in [-0.2, 0) is 12.8 Å². The van der Waals surface area contributed by atoms with Gasteiger partial charge in [-0.25, -0.2) is 4.39 Å². The molecule has 37 heavy (non-hydrogen) atoms. The van der Waals surface area contributed by atoms with Gasteiger partial charge in [0.05, 0.1) is 12.6 Å². The number of halogens is 1. The van der Waals surface area contributed by atoms with Crippen molar-refractivity contribution in [3.63, 3.8) is 0 Å². The quantitative estimate of drug-likeness (QED) is 0.283. The Bertz CT molecular complexity index is 1530. The molecule has 0 radical (unpaired) electrons. The molecule has 0 bridgehead atoms. The van der Waals surface area contributed by atoms with Gasteiger partial charge in [-0.2, -0.15) is 0 Å². The minimum absolute atomic E-state index is 0.214. The third kappa shape index (κ3) is 4.75. The highest BCUT2D eigenvalue weighted by atomic mass is 19.1. The molecule has 1 unspecified atom stereocenters. The number of nitrogens with one attached hydrogen (secondary N) is 2. The predicted molar refractivity (Wildman–Crippen MR) is 148 cm³/mol. The number of para-hydroxylation sites is 1. The van der Waals surface area contributed by atoms with E-state index in [1.54, 1.807) is 18.2 Å². The molecule has 188 valence electrons. The van der Waals surface area contributed by atoms with Gasteiger partial charge in [0, 0.05) is 28.2 Å². The van der Waals surface area contributed by atoms with E-state index in [4.69, 9.17) is 0 Å². The fourth-order valence-corrected chi connectivity index (χ4v) is 5.40. The molecule has 4 aromatic rings. The summed E-state index contributed by atoms with van der Waals surface area (Å²) in [6.45, 7) is 3.82. The summed E-state index contributed by atoms with van der Waals surface area (Å²) in [7, 11) is 0. The fourth-order valence-electron chi connectivity index (χ4n) is 5.40. The van der Waals surface area contributed by atoms with E-state index in [9.17, 15) is 14.3 Å². The van der Waals surface area contributed by atoms with Gasteiger partial charge in [-0.3, -0.25) is 4.79 Å². The molecule has 1 aromatic heterocycles. The van der Waals surface area contributed by atoms with Gasteiger partial charge in [-0.15, -0.1) is 0 Å². The van der Waals surface area contributed by atoms with Crippen molar-refractivity contribution >= 4 is 22.4 Å². The highest BCUT2D eigenvalue weighted by molar-refractivity contribution is 6.03. The zero-order valence-electron chi connectivity index (χ0n) is 21.1. The maximum Gasteiger partial charge on any atom is 0.252 e. The first kappa shape index (κ1) is 24.7. The number of carbonyl (C=O) groups excluding carboxylic acids is 1. The molecule has 3 aromatic carbocycles. The number of aliphatic hydroxyl groups is 1. The van der Waals surface area contributed by atoms with Crippen molar-refractivity contribution in [2.45, 2.75) is 39.2 Å².